The number of amides is 1. The Morgan fingerprint density at radius 3 is 2.39 bits per heavy atom. The fraction of sp³-hybridized carbons (Fsp3) is 0.393. The van der Waals surface area contributed by atoms with Gasteiger partial charge in [0.2, 0.25) is 0 Å². The number of piperidine rings is 1. The van der Waals surface area contributed by atoms with Gasteiger partial charge in [-0.1, -0.05) is 42.5 Å². The van der Waals surface area contributed by atoms with Crippen molar-refractivity contribution in [2.45, 2.75) is 25.2 Å². The van der Waals surface area contributed by atoms with Crippen molar-refractivity contribution >= 4 is 5.91 Å². The topological polar surface area (TPSA) is 36.7 Å². The highest BCUT2D eigenvalue weighted by molar-refractivity contribution is 5.91. The molecule has 172 valence electrons. The molecule has 1 amide bonds. The number of furan rings is 1. The lowest BCUT2D eigenvalue weighted by atomic mass is 9.86. The molecule has 0 aliphatic carbocycles. The number of likely N-dealkylation sites (tertiary alicyclic amines) is 2. The molecule has 2 fully saturated rings. The normalized spacial score (nSPS) is 22.0. The van der Waals surface area contributed by atoms with Gasteiger partial charge in [-0.3, -0.25) is 4.79 Å². The number of hydrogen-bond acceptors (Lipinski definition) is 3. The van der Waals surface area contributed by atoms with Crippen molar-refractivity contribution in [3.63, 3.8) is 0 Å². The molecule has 5 rings (SSSR count). The van der Waals surface area contributed by atoms with E-state index in [0.29, 0.717) is 24.8 Å². The summed E-state index contributed by atoms with van der Waals surface area (Å²) in [5.74, 6) is 1.35. The van der Waals surface area contributed by atoms with E-state index in [1.807, 2.05) is 17.0 Å². The zero-order valence-corrected chi connectivity index (χ0v) is 18.9. The number of benzene rings is 2. The third-order valence-corrected chi connectivity index (χ3v) is 7.33. The Kier molecular flexibility index (Phi) is 6.58. The standard InChI is InChI=1S/C28H31FN2O2/c29-25-10-8-23(9-11-25)26-20-31(28(32)27-7-4-16-33-27)19-24(26)18-30-14-12-22(13-15-30)17-21-5-2-1-3-6-21/h1-11,16,22,24,26H,12-15,17-20H2/t24-,26-/m1/s1. The number of rotatable bonds is 6. The summed E-state index contributed by atoms with van der Waals surface area (Å²) < 4.78 is 18.9. The second-order valence-electron chi connectivity index (χ2n) is 9.54. The van der Waals surface area contributed by atoms with Crippen molar-refractivity contribution < 1.29 is 13.6 Å². The summed E-state index contributed by atoms with van der Waals surface area (Å²) in [6.45, 7) is 4.49. The summed E-state index contributed by atoms with van der Waals surface area (Å²) in [7, 11) is 0. The minimum Gasteiger partial charge on any atom is -0.459 e. The number of nitrogens with zero attached hydrogens (tertiary/aromatic N) is 2. The highest BCUT2D eigenvalue weighted by atomic mass is 19.1. The predicted molar refractivity (Wildman–Crippen MR) is 127 cm³/mol. The van der Waals surface area contributed by atoms with Gasteiger partial charge in [-0.25, -0.2) is 4.39 Å². The average molecular weight is 447 g/mol. The summed E-state index contributed by atoms with van der Waals surface area (Å²) in [5, 5.41) is 0. The van der Waals surface area contributed by atoms with Crippen LogP contribution in [0.15, 0.2) is 77.4 Å². The molecule has 4 nitrogen and oxygen atoms in total. The first-order valence-corrected chi connectivity index (χ1v) is 12.0. The Balaban J connectivity index is 1.24. The first kappa shape index (κ1) is 21.9. The van der Waals surface area contributed by atoms with Gasteiger partial charge in [-0.05, 0) is 79.6 Å². The SMILES string of the molecule is O=C(c1ccco1)N1C[C@@H](CN2CCC(Cc3ccccc3)CC2)[C@@H](c2ccc(F)cc2)C1. The number of hydrogen-bond donors (Lipinski definition) is 0. The lowest BCUT2D eigenvalue weighted by Gasteiger charge is -2.34. The van der Waals surface area contributed by atoms with E-state index < -0.39 is 0 Å². The van der Waals surface area contributed by atoms with Gasteiger partial charge in [-0.15, -0.1) is 0 Å². The molecule has 2 aliphatic rings. The smallest absolute Gasteiger partial charge is 0.289 e. The van der Waals surface area contributed by atoms with Crippen LogP contribution in [0.25, 0.3) is 0 Å². The van der Waals surface area contributed by atoms with Gasteiger partial charge in [0.1, 0.15) is 5.82 Å². The van der Waals surface area contributed by atoms with E-state index in [2.05, 4.69) is 35.2 Å². The molecule has 0 N–H and O–H groups in total. The lowest BCUT2D eigenvalue weighted by Crippen LogP contribution is -2.39. The van der Waals surface area contributed by atoms with Gasteiger partial charge in [0.05, 0.1) is 6.26 Å². The van der Waals surface area contributed by atoms with Gasteiger partial charge in [-0.2, -0.15) is 0 Å². The lowest BCUT2D eigenvalue weighted by molar-refractivity contribution is 0.0749. The third-order valence-electron chi connectivity index (χ3n) is 7.33. The predicted octanol–water partition coefficient (Wildman–Crippen LogP) is 5.23. The summed E-state index contributed by atoms with van der Waals surface area (Å²) in [6.07, 6.45) is 5.11. The van der Waals surface area contributed by atoms with Crippen LogP contribution in [0.4, 0.5) is 4.39 Å². The summed E-state index contributed by atoms with van der Waals surface area (Å²) >= 11 is 0. The van der Waals surface area contributed by atoms with Crippen LogP contribution in [0.5, 0.6) is 0 Å². The van der Waals surface area contributed by atoms with E-state index in [4.69, 9.17) is 4.42 Å². The van der Waals surface area contributed by atoms with E-state index in [9.17, 15) is 9.18 Å². The highest BCUT2D eigenvalue weighted by Gasteiger charge is 2.38. The van der Waals surface area contributed by atoms with Gasteiger partial charge in [0.25, 0.3) is 5.91 Å². The molecule has 3 aromatic rings. The molecule has 0 radical (unpaired) electrons. The molecule has 2 saturated heterocycles. The van der Waals surface area contributed by atoms with Crippen molar-refractivity contribution in [3.8, 4) is 0 Å². The van der Waals surface area contributed by atoms with Crippen LogP contribution in [-0.4, -0.2) is 48.4 Å². The van der Waals surface area contributed by atoms with Crippen molar-refractivity contribution in [1.29, 1.82) is 0 Å². The van der Waals surface area contributed by atoms with Crippen molar-refractivity contribution in [2.24, 2.45) is 11.8 Å². The van der Waals surface area contributed by atoms with Crippen molar-refractivity contribution in [1.82, 2.24) is 9.80 Å². The van der Waals surface area contributed by atoms with E-state index in [0.717, 1.165) is 37.5 Å². The first-order valence-electron chi connectivity index (χ1n) is 12.0. The number of halogens is 1. The fourth-order valence-corrected chi connectivity index (χ4v) is 5.52. The number of carbonyl (C=O) groups is 1. The highest BCUT2D eigenvalue weighted by Crippen LogP contribution is 2.35. The van der Waals surface area contributed by atoms with Gasteiger partial charge < -0.3 is 14.2 Å². The Morgan fingerprint density at radius 1 is 0.939 bits per heavy atom. The van der Waals surface area contributed by atoms with Crippen LogP contribution in [0.3, 0.4) is 0 Å². The Morgan fingerprint density at radius 2 is 1.70 bits per heavy atom. The fourth-order valence-electron chi connectivity index (χ4n) is 5.52. The molecule has 2 aliphatic heterocycles. The molecule has 0 bridgehead atoms. The monoisotopic (exact) mass is 446 g/mol. The van der Waals surface area contributed by atoms with Crippen LogP contribution in [0, 0.1) is 17.7 Å². The van der Waals surface area contributed by atoms with Crippen LogP contribution >= 0.6 is 0 Å². The minimum absolute atomic E-state index is 0.0591. The quantitative estimate of drug-likeness (QED) is 0.520. The summed E-state index contributed by atoms with van der Waals surface area (Å²) in [5.41, 5.74) is 2.53. The van der Waals surface area contributed by atoms with Gasteiger partial charge >= 0.3 is 0 Å². The Hall–Kier alpha value is -2.92. The maximum atomic E-state index is 13.5. The Bertz CT molecular complexity index is 1030. The number of carbonyl (C=O) groups excluding carboxylic acids is 1. The molecule has 3 heterocycles. The van der Waals surface area contributed by atoms with Crippen LogP contribution in [-0.2, 0) is 6.42 Å². The molecule has 0 saturated carbocycles. The van der Waals surface area contributed by atoms with Crippen LogP contribution in [0.2, 0.25) is 0 Å². The maximum absolute atomic E-state index is 13.5. The van der Waals surface area contributed by atoms with E-state index in [-0.39, 0.29) is 17.6 Å². The van der Waals surface area contributed by atoms with Crippen molar-refractivity contribution in [2.75, 3.05) is 32.7 Å². The third kappa shape index (κ3) is 5.19. The summed E-state index contributed by atoms with van der Waals surface area (Å²) in [6, 6.07) is 21.0. The zero-order chi connectivity index (χ0) is 22.6. The Labute approximate surface area is 195 Å². The molecule has 5 heteroatoms. The molecular formula is C28H31FN2O2. The molecule has 1 aromatic heterocycles. The molecular weight excluding hydrogens is 415 g/mol. The second kappa shape index (κ2) is 9.92. The van der Waals surface area contributed by atoms with E-state index in [1.54, 1.807) is 12.1 Å². The molecule has 0 unspecified atom stereocenters. The largest absolute Gasteiger partial charge is 0.459 e. The average Bonchev–Trinajstić information content (AvgIpc) is 3.52. The van der Waals surface area contributed by atoms with Crippen LogP contribution in [0.1, 0.15) is 40.4 Å². The van der Waals surface area contributed by atoms with Crippen molar-refractivity contribution in [3.05, 3.63) is 95.7 Å². The minimum atomic E-state index is -0.225. The van der Waals surface area contributed by atoms with Gasteiger partial charge in [0, 0.05) is 25.6 Å². The molecule has 0 spiro atoms. The zero-order valence-electron chi connectivity index (χ0n) is 18.9. The maximum Gasteiger partial charge on any atom is 0.289 e. The molecule has 2 aromatic carbocycles. The molecule has 2 atom stereocenters. The van der Waals surface area contributed by atoms with E-state index >= 15 is 0 Å². The van der Waals surface area contributed by atoms with Crippen LogP contribution < -0.4 is 0 Å². The second-order valence-corrected chi connectivity index (χ2v) is 9.54. The summed E-state index contributed by atoms with van der Waals surface area (Å²) in [4.78, 5) is 17.4. The molecule has 33 heavy (non-hydrogen) atoms. The first-order chi connectivity index (χ1) is 16.2. The van der Waals surface area contributed by atoms with Gasteiger partial charge in [0.15, 0.2) is 5.76 Å². The van der Waals surface area contributed by atoms with E-state index in [1.165, 1.54) is 36.8 Å².